The Kier molecular flexibility index (Phi) is 3.01. The third-order valence-electron chi connectivity index (χ3n) is 4.53. The van der Waals surface area contributed by atoms with Gasteiger partial charge in [0.1, 0.15) is 5.65 Å². The maximum atomic E-state index is 11.8. The fourth-order valence-corrected chi connectivity index (χ4v) is 3.51. The van der Waals surface area contributed by atoms with E-state index in [0.717, 1.165) is 29.0 Å². The monoisotopic (exact) mass is 305 g/mol. The lowest BCUT2D eigenvalue weighted by molar-refractivity contribution is -0.116. The number of imidazole rings is 1. The van der Waals surface area contributed by atoms with Crippen LogP contribution in [-0.2, 0) is 11.2 Å². The Labute approximate surface area is 135 Å². The first-order valence-corrected chi connectivity index (χ1v) is 7.91. The van der Waals surface area contributed by atoms with Gasteiger partial charge in [-0.15, -0.1) is 0 Å². The molecule has 1 aliphatic rings. The Balaban J connectivity index is 1.78. The van der Waals surface area contributed by atoms with Gasteiger partial charge in [0.15, 0.2) is 0 Å². The van der Waals surface area contributed by atoms with Crippen LogP contribution >= 0.6 is 0 Å². The quantitative estimate of drug-likeness (QED) is 0.689. The molecule has 0 N–H and O–H groups in total. The van der Waals surface area contributed by atoms with Gasteiger partial charge in [0.05, 0.1) is 5.69 Å². The molecule has 1 aromatic carbocycles. The van der Waals surface area contributed by atoms with E-state index in [9.17, 15) is 4.79 Å². The van der Waals surface area contributed by atoms with Gasteiger partial charge in [0.2, 0.25) is 5.91 Å². The number of hydrogen-bond acceptors (Lipinski definition) is 2. The topological polar surface area (TPSA) is 37.6 Å². The lowest BCUT2D eigenvalue weighted by Gasteiger charge is -2.20. The first-order valence-electron chi connectivity index (χ1n) is 7.91. The summed E-state index contributed by atoms with van der Waals surface area (Å²) < 4.78 is 2.06. The highest BCUT2D eigenvalue weighted by Gasteiger charge is 2.29. The Hall–Kier alpha value is -2.62. The van der Waals surface area contributed by atoms with E-state index in [4.69, 9.17) is 4.98 Å². The summed E-state index contributed by atoms with van der Waals surface area (Å²) in [4.78, 5) is 18.4. The van der Waals surface area contributed by atoms with Crippen molar-refractivity contribution in [2.75, 3.05) is 4.90 Å². The predicted octanol–water partition coefficient (Wildman–Crippen LogP) is 3.61. The normalized spacial score (nSPS) is 16.8. The number of pyridine rings is 1. The summed E-state index contributed by atoms with van der Waals surface area (Å²) in [6.45, 7) is 5.80. The van der Waals surface area contributed by atoms with Gasteiger partial charge < -0.3 is 9.30 Å². The highest BCUT2D eigenvalue weighted by Crippen LogP contribution is 2.35. The van der Waals surface area contributed by atoms with Crippen molar-refractivity contribution in [3.05, 3.63) is 53.9 Å². The third-order valence-corrected chi connectivity index (χ3v) is 4.53. The van der Waals surface area contributed by atoms with Crippen LogP contribution < -0.4 is 4.90 Å². The number of fused-ring (bicyclic) bond motifs is 2. The molecule has 1 atom stereocenters. The van der Waals surface area contributed by atoms with E-state index in [-0.39, 0.29) is 11.9 Å². The largest absolute Gasteiger partial charge is 0.309 e. The number of aromatic nitrogens is 2. The van der Waals surface area contributed by atoms with Crippen LogP contribution in [0.1, 0.15) is 25.0 Å². The second kappa shape index (κ2) is 4.95. The fourth-order valence-electron chi connectivity index (χ4n) is 3.51. The van der Waals surface area contributed by atoms with E-state index in [0.29, 0.717) is 0 Å². The van der Waals surface area contributed by atoms with E-state index in [1.54, 1.807) is 6.92 Å². The van der Waals surface area contributed by atoms with Crippen LogP contribution in [0, 0.1) is 6.92 Å². The van der Waals surface area contributed by atoms with Crippen LogP contribution in [0.25, 0.3) is 16.9 Å². The van der Waals surface area contributed by atoms with Crippen molar-refractivity contribution in [3.63, 3.8) is 0 Å². The molecule has 0 bridgehead atoms. The van der Waals surface area contributed by atoms with Crippen LogP contribution in [0.15, 0.2) is 42.7 Å². The van der Waals surface area contributed by atoms with Gasteiger partial charge in [-0.2, -0.15) is 0 Å². The number of benzene rings is 1. The smallest absolute Gasteiger partial charge is 0.224 e. The van der Waals surface area contributed by atoms with Gasteiger partial charge >= 0.3 is 0 Å². The van der Waals surface area contributed by atoms with Crippen molar-refractivity contribution in [2.24, 2.45) is 0 Å². The molecule has 1 aliphatic heterocycles. The summed E-state index contributed by atoms with van der Waals surface area (Å²) in [5, 5.41) is 0. The number of rotatable bonds is 1. The van der Waals surface area contributed by atoms with Gasteiger partial charge in [0.25, 0.3) is 0 Å². The zero-order valence-electron chi connectivity index (χ0n) is 13.6. The Morgan fingerprint density at radius 3 is 2.83 bits per heavy atom. The molecular formula is C19H19N3O. The SMILES string of the molecule is CC(=O)N1c2ccc(-c3cn4cc(C)ccc4n3)cc2C[C@H]1C. The molecule has 4 nitrogen and oxygen atoms in total. The summed E-state index contributed by atoms with van der Waals surface area (Å²) in [5.41, 5.74) is 6.48. The van der Waals surface area contributed by atoms with Gasteiger partial charge in [0, 0.05) is 36.6 Å². The average molecular weight is 305 g/mol. The molecule has 4 rings (SSSR count). The summed E-state index contributed by atoms with van der Waals surface area (Å²) in [7, 11) is 0. The molecule has 3 aromatic rings. The zero-order chi connectivity index (χ0) is 16.1. The van der Waals surface area contributed by atoms with Gasteiger partial charge in [-0.1, -0.05) is 12.1 Å². The molecule has 0 saturated carbocycles. The molecule has 0 saturated heterocycles. The fraction of sp³-hybridized carbons (Fsp3) is 0.263. The number of anilines is 1. The standard InChI is InChI=1S/C19H19N3O/c1-12-4-7-19-20-17(11-21(19)10-12)15-5-6-18-16(9-15)8-13(2)22(18)14(3)23/h4-7,9-11,13H,8H2,1-3H3/t13-/m1/s1. The van der Waals surface area contributed by atoms with Crippen LogP contribution in [0.3, 0.4) is 0 Å². The second-order valence-electron chi connectivity index (χ2n) is 6.38. The van der Waals surface area contributed by atoms with Crippen LogP contribution in [0.2, 0.25) is 0 Å². The first-order chi connectivity index (χ1) is 11.0. The second-order valence-corrected chi connectivity index (χ2v) is 6.38. The molecule has 4 heteroatoms. The molecule has 0 unspecified atom stereocenters. The van der Waals surface area contributed by atoms with Gasteiger partial charge in [-0.3, -0.25) is 4.79 Å². The summed E-state index contributed by atoms with van der Waals surface area (Å²) >= 11 is 0. The van der Waals surface area contributed by atoms with E-state index in [1.807, 2.05) is 17.0 Å². The Morgan fingerprint density at radius 1 is 1.22 bits per heavy atom. The Bertz CT molecular complexity index is 926. The molecule has 23 heavy (non-hydrogen) atoms. The highest BCUT2D eigenvalue weighted by molar-refractivity contribution is 5.95. The van der Waals surface area contributed by atoms with Crippen molar-refractivity contribution in [1.82, 2.24) is 9.38 Å². The maximum absolute atomic E-state index is 11.8. The number of carbonyl (C=O) groups is 1. The van der Waals surface area contributed by atoms with Crippen molar-refractivity contribution < 1.29 is 4.79 Å². The maximum Gasteiger partial charge on any atom is 0.224 e. The molecule has 116 valence electrons. The van der Waals surface area contributed by atoms with E-state index < -0.39 is 0 Å². The van der Waals surface area contributed by atoms with E-state index in [2.05, 4.69) is 48.8 Å². The lowest BCUT2D eigenvalue weighted by atomic mass is 10.1. The van der Waals surface area contributed by atoms with E-state index >= 15 is 0 Å². The molecule has 2 aromatic heterocycles. The number of amides is 1. The minimum Gasteiger partial charge on any atom is -0.309 e. The predicted molar refractivity (Wildman–Crippen MR) is 91.7 cm³/mol. The number of aryl methyl sites for hydroxylation is 1. The molecule has 0 fully saturated rings. The lowest BCUT2D eigenvalue weighted by Crippen LogP contribution is -2.33. The third kappa shape index (κ3) is 2.22. The molecule has 3 heterocycles. The number of carbonyl (C=O) groups excluding carboxylic acids is 1. The minimum atomic E-state index is 0.104. The van der Waals surface area contributed by atoms with Gasteiger partial charge in [-0.05, 0) is 49.6 Å². The zero-order valence-corrected chi connectivity index (χ0v) is 13.6. The highest BCUT2D eigenvalue weighted by atomic mass is 16.2. The first kappa shape index (κ1) is 14.0. The average Bonchev–Trinajstić information content (AvgIpc) is 3.05. The molecular weight excluding hydrogens is 286 g/mol. The number of hydrogen-bond donors (Lipinski definition) is 0. The van der Waals surface area contributed by atoms with Crippen LogP contribution in [0.4, 0.5) is 5.69 Å². The van der Waals surface area contributed by atoms with Crippen molar-refractivity contribution in [1.29, 1.82) is 0 Å². The van der Waals surface area contributed by atoms with Crippen molar-refractivity contribution in [2.45, 2.75) is 33.2 Å². The Morgan fingerprint density at radius 2 is 2.04 bits per heavy atom. The summed E-state index contributed by atoms with van der Waals surface area (Å²) in [6, 6.07) is 10.6. The van der Waals surface area contributed by atoms with Crippen LogP contribution in [0.5, 0.6) is 0 Å². The molecule has 1 amide bonds. The summed E-state index contributed by atoms with van der Waals surface area (Å²) in [6.07, 6.45) is 5.04. The van der Waals surface area contributed by atoms with Crippen molar-refractivity contribution >= 4 is 17.2 Å². The van der Waals surface area contributed by atoms with Crippen LogP contribution in [-0.4, -0.2) is 21.3 Å². The molecule has 0 radical (unpaired) electrons. The molecule has 0 spiro atoms. The van der Waals surface area contributed by atoms with Gasteiger partial charge in [-0.25, -0.2) is 4.98 Å². The van der Waals surface area contributed by atoms with E-state index in [1.165, 1.54) is 11.1 Å². The van der Waals surface area contributed by atoms with Crippen molar-refractivity contribution in [3.8, 4) is 11.3 Å². The molecule has 0 aliphatic carbocycles. The number of nitrogens with zero attached hydrogens (tertiary/aromatic N) is 3. The summed E-state index contributed by atoms with van der Waals surface area (Å²) in [5.74, 6) is 0.104. The minimum absolute atomic E-state index is 0.104.